The van der Waals surface area contributed by atoms with Crippen LogP contribution < -0.4 is 9.47 Å². The number of pyridine rings is 2. The Bertz CT molecular complexity index is 703. The van der Waals surface area contributed by atoms with Gasteiger partial charge in [-0.05, 0) is 12.1 Å². The number of carboxylic acid groups (broad SMARTS) is 1. The van der Waals surface area contributed by atoms with Gasteiger partial charge in [0.25, 0.3) is 0 Å². The summed E-state index contributed by atoms with van der Waals surface area (Å²) in [5.74, 6) is -1.77. The molecule has 9 nitrogen and oxygen atoms in total. The summed E-state index contributed by atoms with van der Waals surface area (Å²) in [6.45, 7) is 0. The van der Waals surface area contributed by atoms with E-state index < -0.39 is 16.6 Å². The van der Waals surface area contributed by atoms with Gasteiger partial charge >= 0.3 is 17.5 Å². The summed E-state index contributed by atoms with van der Waals surface area (Å²) in [7, 11) is 1.34. The van der Waals surface area contributed by atoms with E-state index in [2.05, 4.69) is 9.97 Å². The second kappa shape index (κ2) is 5.82. The van der Waals surface area contributed by atoms with Crippen LogP contribution in [0.25, 0.3) is 0 Å². The Hall–Kier alpha value is -3.23. The molecule has 0 radical (unpaired) electrons. The minimum atomic E-state index is -1.32. The second-order valence-electron chi connectivity index (χ2n) is 3.69. The smallest absolute Gasteiger partial charge is 0.358 e. The zero-order valence-electron chi connectivity index (χ0n) is 10.7. The zero-order chi connectivity index (χ0) is 15.4. The van der Waals surface area contributed by atoms with E-state index in [4.69, 9.17) is 14.6 Å². The van der Waals surface area contributed by atoms with Crippen molar-refractivity contribution in [2.24, 2.45) is 0 Å². The predicted molar refractivity (Wildman–Crippen MR) is 68.7 cm³/mol. The van der Waals surface area contributed by atoms with Crippen LogP contribution in [0.1, 0.15) is 10.5 Å². The van der Waals surface area contributed by atoms with E-state index in [0.29, 0.717) is 0 Å². The van der Waals surface area contributed by atoms with E-state index in [1.54, 1.807) is 0 Å². The van der Waals surface area contributed by atoms with Crippen LogP contribution in [0.15, 0.2) is 30.5 Å². The van der Waals surface area contributed by atoms with Crippen LogP contribution in [-0.2, 0) is 0 Å². The molecule has 0 amide bonds. The van der Waals surface area contributed by atoms with Crippen molar-refractivity contribution in [1.82, 2.24) is 9.97 Å². The van der Waals surface area contributed by atoms with E-state index in [-0.39, 0.29) is 23.2 Å². The molecular weight excluding hydrogens is 282 g/mol. The van der Waals surface area contributed by atoms with Crippen LogP contribution in [0.3, 0.4) is 0 Å². The standard InChI is InChI=1S/C12H9N3O6/c1-20-9-5-4-7(15(18)19)11(14-9)21-8-3-2-6-13-10(8)12(16)17/h2-6H,1H3,(H,16,17). The molecule has 0 aliphatic carbocycles. The average Bonchev–Trinajstić information content (AvgIpc) is 2.47. The SMILES string of the molecule is COc1ccc([N+](=O)[O-])c(Oc2cccnc2C(=O)O)n1. The number of methoxy groups -OCH3 is 1. The Kier molecular flexibility index (Phi) is 3.93. The summed E-state index contributed by atoms with van der Waals surface area (Å²) in [5, 5.41) is 19.9. The molecule has 9 heteroatoms. The third-order valence-corrected chi connectivity index (χ3v) is 2.40. The summed E-state index contributed by atoms with van der Waals surface area (Å²) in [6, 6.07) is 5.21. The quantitative estimate of drug-likeness (QED) is 0.653. The molecule has 0 saturated heterocycles. The van der Waals surface area contributed by atoms with E-state index >= 15 is 0 Å². The van der Waals surface area contributed by atoms with Crippen LogP contribution in [0.5, 0.6) is 17.5 Å². The number of carbonyl (C=O) groups is 1. The highest BCUT2D eigenvalue weighted by molar-refractivity contribution is 5.88. The Morgan fingerprint density at radius 1 is 1.38 bits per heavy atom. The number of rotatable bonds is 5. The number of nitro groups is 1. The normalized spacial score (nSPS) is 9.95. The van der Waals surface area contributed by atoms with Crippen LogP contribution in [0, 0.1) is 10.1 Å². The van der Waals surface area contributed by atoms with Gasteiger partial charge in [0.2, 0.25) is 5.88 Å². The van der Waals surface area contributed by atoms with Gasteiger partial charge in [0.1, 0.15) is 0 Å². The van der Waals surface area contributed by atoms with E-state index in [1.165, 1.54) is 31.5 Å². The van der Waals surface area contributed by atoms with Crippen molar-refractivity contribution in [2.45, 2.75) is 0 Å². The van der Waals surface area contributed by atoms with Crippen molar-refractivity contribution in [3.05, 3.63) is 46.3 Å². The fourth-order valence-corrected chi connectivity index (χ4v) is 1.48. The van der Waals surface area contributed by atoms with Gasteiger partial charge in [0, 0.05) is 18.3 Å². The molecular formula is C12H9N3O6. The average molecular weight is 291 g/mol. The maximum atomic E-state index is 11.0. The Labute approximate surface area is 117 Å². The molecule has 2 rings (SSSR count). The first-order chi connectivity index (χ1) is 10.0. The number of aromatic nitrogens is 2. The minimum Gasteiger partial charge on any atom is -0.481 e. The molecule has 21 heavy (non-hydrogen) atoms. The zero-order valence-corrected chi connectivity index (χ0v) is 10.7. The lowest BCUT2D eigenvalue weighted by molar-refractivity contribution is -0.386. The fourth-order valence-electron chi connectivity index (χ4n) is 1.48. The van der Waals surface area contributed by atoms with Crippen LogP contribution in [0.4, 0.5) is 5.69 Å². The first-order valence-electron chi connectivity index (χ1n) is 5.58. The number of ether oxygens (including phenoxy) is 2. The molecule has 1 N–H and O–H groups in total. The molecule has 2 heterocycles. The van der Waals surface area contributed by atoms with E-state index in [9.17, 15) is 14.9 Å². The minimum absolute atomic E-state index is 0.0939. The summed E-state index contributed by atoms with van der Waals surface area (Å²) in [6.07, 6.45) is 1.27. The molecule has 2 aromatic rings. The van der Waals surface area contributed by atoms with Crippen LogP contribution in [-0.4, -0.2) is 33.1 Å². The monoisotopic (exact) mass is 291 g/mol. The third-order valence-electron chi connectivity index (χ3n) is 2.40. The lowest BCUT2D eigenvalue weighted by Crippen LogP contribution is -2.04. The molecule has 0 saturated carbocycles. The number of aromatic carboxylic acids is 1. The van der Waals surface area contributed by atoms with Crippen molar-refractivity contribution >= 4 is 11.7 Å². The highest BCUT2D eigenvalue weighted by Crippen LogP contribution is 2.32. The van der Waals surface area contributed by atoms with Gasteiger partial charge < -0.3 is 14.6 Å². The number of hydrogen-bond acceptors (Lipinski definition) is 7. The lowest BCUT2D eigenvalue weighted by Gasteiger charge is -2.08. The Balaban J connectivity index is 2.48. The van der Waals surface area contributed by atoms with Crippen molar-refractivity contribution in [3.8, 4) is 17.5 Å². The molecule has 0 unspecified atom stereocenters. The summed E-state index contributed by atoms with van der Waals surface area (Å²) >= 11 is 0. The van der Waals surface area contributed by atoms with Crippen molar-refractivity contribution in [2.75, 3.05) is 7.11 Å². The van der Waals surface area contributed by atoms with Crippen LogP contribution in [0.2, 0.25) is 0 Å². The molecule has 0 bridgehead atoms. The summed E-state index contributed by atoms with van der Waals surface area (Å²) < 4.78 is 10.1. The van der Waals surface area contributed by atoms with Crippen LogP contribution >= 0.6 is 0 Å². The molecule has 0 aliphatic heterocycles. The predicted octanol–water partition coefficient (Wildman–Crippen LogP) is 1.88. The highest BCUT2D eigenvalue weighted by atomic mass is 16.6. The van der Waals surface area contributed by atoms with Crippen molar-refractivity contribution < 1.29 is 24.3 Å². The van der Waals surface area contributed by atoms with Gasteiger partial charge in [0.05, 0.1) is 12.0 Å². The van der Waals surface area contributed by atoms with Gasteiger partial charge in [-0.25, -0.2) is 9.78 Å². The maximum absolute atomic E-state index is 11.0. The Morgan fingerprint density at radius 3 is 2.76 bits per heavy atom. The lowest BCUT2D eigenvalue weighted by atomic mass is 10.3. The van der Waals surface area contributed by atoms with Gasteiger partial charge in [-0.3, -0.25) is 10.1 Å². The van der Waals surface area contributed by atoms with Gasteiger partial charge in [-0.2, -0.15) is 4.98 Å². The molecule has 2 aromatic heterocycles. The second-order valence-corrected chi connectivity index (χ2v) is 3.69. The van der Waals surface area contributed by atoms with E-state index in [0.717, 1.165) is 6.07 Å². The first-order valence-corrected chi connectivity index (χ1v) is 5.58. The summed E-state index contributed by atoms with van der Waals surface area (Å²) in [4.78, 5) is 28.7. The molecule has 108 valence electrons. The van der Waals surface area contributed by atoms with Gasteiger partial charge in [-0.1, -0.05) is 0 Å². The first kappa shape index (κ1) is 14.2. The summed E-state index contributed by atoms with van der Waals surface area (Å²) in [5.41, 5.74) is -0.799. The number of carboxylic acids is 1. The Morgan fingerprint density at radius 2 is 2.14 bits per heavy atom. The molecule has 0 spiro atoms. The maximum Gasteiger partial charge on any atom is 0.358 e. The number of nitrogens with zero attached hydrogens (tertiary/aromatic N) is 3. The number of hydrogen-bond donors (Lipinski definition) is 1. The molecule has 0 atom stereocenters. The largest absolute Gasteiger partial charge is 0.481 e. The third kappa shape index (κ3) is 3.03. The van der Waals surface area contributed by atoms with Gasteiger partial charge in [0.15, 0.2) is 11.4 Å². The van der Waals surface area contributed by atoms with Crippen molar-refractivity contribution in [3.63, 3.8) is 0 Å². The highest BCUT2D eigenvalue weighted by Gasteiger charge is 2.21. The molecule has 0 aliphatic rings. The molecule has 0 aromatic carbocycles. The van der Waals surface area contributed by atoms with E-state index in [1.807, 2.05) is 0 Å². The topological polar surface area (TPSA) is 125 Å². The molecule has 0 fully saturated rings. The fraction of sp³-hybridized carbons (Fsp3) is 0.0833. The van der Waals surface area contributed by atoms with Gasteiger partial charge in [-0.15, -0.1) is 0 Å². The van der Waals surface area contributed by atoms with Crippen molar-refractivity contribution in [1.29, 1.82) is 0 Å².